The highest BCUT2D eigenvalue weighted by molar-refractivity contribution is 5.76. The minimum absolute atomic E-state index is 0.417. The van der Waals surface area contributed by atoms with Gasteiger partial charge in [-0.25, -0.2) is 4.98 Å². The van der Waals surface area contributed by atoms with Crippen LogP contribution in [0.1, 0.15) is 24.2 Å². The molecule has 1 N–H and O–H groups in total. The molecule has 2 heterocycles. The standard InChI is InChI=1S/C19H21N3O/c1-13-9-14-5-3-4-6-17(14)22(13)11-19(23)15-7-8-18-16(10-15)20-12-21(18)2/h3-8,10,12-13,19,23H,9,11H2,1-2H3. The zero-order valence-corrected chi connectivity index (χ0v) is 13.5. The highest BCUT2D eigenvalue weighted by Crippen LogP contribution is 2.33. The molecule has 4 rings (SSSR count). The van der Waals surface area contributed by atoms with Crippen LogP contribution in [0.5, 0.6) is 0 Å². The maximum Gasteiger partial charge on any atom is 0.0965 e. The molecule has 118 valence electrons. The van der Waals surface area contributed by atoms with E-state index in [4.69, 9.17) is 0 Å². The number of aromatic nitrogens is 2. The summed E-state index contributed by atoms with van der Waals surface area (Å²) in [4.78, 5) is 6.69. The van der Waals surface area contributed by atoms with Crippen molar-refractivity contribution < 1.29 is 5.11 Å². The molecule has 4 nitrogen and oxygen atoms in total. The molecule has 2 aromatic carbocycles. The lowest BCUT2D eigenvalue weighted by Crippen LogP contribution is -2.33. The Labute approximate surface area is 136 Å². The number of fused-ring (bicyclic) bond motifs is 2. The molecule has 23 heavy (non-hydrogen) atoms. The lowest BCUT2D eigenvalue weighted by atomic mass is 10.1. The molecule has 0 fully saturated rings. The largest absolute Gasteiger partial charge is 0.387 e. The van der Waals surface area contributed by atoms with E-state index in [1.807, 2.05) is 29.8 Å². The Bertz CT molecular complexity index is 855. The predicted molar refractivity (Wildman–Crippen MR) is 92.6 cm³/mol. The number of para-hydroxylation sites is 1. The number of aryl methyl sites for hydroxylation is 1. The summed E-state index contributed by atoms with van der Waals surface area (Å²) in [6, 6.07) is 14.9. The second-order valence-electron chi connectivity index (χ2n) is 6.45. The Morgan fingerprint density at radius 2 is 2.09 bits per heavy atom. The van der Waals surface area contributed by atoms with Gasteiger partial charge in [0.05, 0.1) is 23.5 Å². The van der Waals surface area contributed by atoms with Crippen molar-refractivity contribution in [1.82, 2.24) is 9.55 Å². The normalized spacial score (nSPS) is 18.4. The lowest BCUT2D eigenvalue weighted by Gasteiger charge is -2.27. The molecule has 0 bridgehead atoms. The van der Waals surface area contributed by atoms with Crippen molar-refractivity contribution in [1.29, 1.82) is 0 Å². The van der Waals surface area contributed by atoms with Gasteiger partial charge in [0.1, 0.15) is 0 Å². The van der Waals surface area contributed by atoms with Crippen molar-refractivity contribution in [2.45, 2.75) is 25.5 Å². The predicted octanol–water partition coefficient (Wildman–Crippen LogP) is 3.06. The fraction of sp³-hybridized carbons (Fsp3) is 0.316. The molecule has 0 saturated heterocycles. The van der Waals surface area contributed by atoms with Gasteiger partial charge in [0, 0.05) is 25.3 Å². The first-order chi connectivity index (χ1) is 11.1. The Morgan fingerprint density at radius 3 is 2.96 bits per heavy atom. The molecule has 2 atom stereocenters. The summed E-state index contributed by atoms with van der Waals surface area (Å²) in [5.41, 5.74) is 5.55. The van der Waals surface area contributed by atoms with E-state index in [9.17, 15) is 5.11 Å². The van der Waals surface area contributed by atoms with E-state index in [-0.39, 0.29) is 0 Å². The molecule has 0 spiro atoms. The van der Waals surface area contributed by atoms with Crippen molar-refractivity contribution in [2.24, 2.45) is 7.05 Å². The van der Waals surface area contributed by atoms with Crippen molar-refractivity contribution in [2.75, 3.05) is 11.4 Å². The van der Waals surface area contributed by atoms with Gasteiger partial charge in [-0.1, -0.05) is 24.3 Å². The fourth-order valence-electron chi connectivity index (χ4n) is 3.56. The van der Waals surface area contributed by atoms with Gasteiger partial charge in [-0.15, -0.1) is 0 Å². The molecule has 0 amide bonds. The third-order valence-electron chi connectivity index (χ3n) is 4.85. The zero-order valence-electron chi connectivity index (χ0n) is 13.5. The SMILES string of the molecule is CC1Cc2ccccc2N1CC(O)c1ccc2c(c1)ncn2C. The summed E-state index contributed by atoms with van der Waals surface area (Å²) in [5.74, 6) is 0. The third kappa shape index (κ3) is 2.39. The first-order valence-electron chi connectivity index (χ1n) is 8.07. The van der Waals surface area contributed by atoms with Gasteiger partial charge in [0.2, 0.25) is 0 Å². The first-order valence-corrected chi connectivity index (χ1v) is 8.07. The van der Waals surface area contributed by atoms with E-state index < -0.39 is 6.10 Å². The average molecular weight is 307 g/mol. The summed E-state index contributed by atoms with van der Waals surface area (Å²) >= 11 is 0. The van der Waals surface area contributed by atoms with Crippen LogP contribution in [0.2, 0.25) is 0 Å². The average Bonchev–Trinajstić information content (AvgIpc) is 3.08. The molecule has 0 aliphatic carbocycles. The second-order valence-corrected chi connectivity index (χ2v) is 6.45. The first kappa shape index (κ1) is 14.3. The molecule has 3 aromatic rings. The van der Waals surface area contributed by atoms with Crippen molar-refractivity contribution in [3.63, 3.8) is 0 Å². The van der Waals surface area contributed by atoms with E-state index in [0.717, 1.165) is 23.0 Å². The number of aliphatic hydroxyl groups excluding tert-OH is 1. The summed E-state index contributed by atoms with van der Waals surface area (Å²) in [6.07, 6.45) is 2.33. The van der Waals surface area contributed by atoms with Gasteiger partial charge >= 0.3 is 0 Å². The minimum Gasteiger partial charge on any atom is -0.387 e. The number of imidazole rings is 1. The Morgan fingerprint density at radius 1 is 1.26 bits per heavy atom. The number of benzene rings is 2. The number of rotatable bonds is 3. The number of hydrogen-bond donors (Lipinski definition) is 1. The van der Waals surface area contributed by atoms with Crippen LogP contribution in [0, 0.1) is 0 Å². The molecule has 1 aliphatic rings. The van der Waals surface area contributed by atoms with Gasteiger partial charge in [0.15, 0.2) is 0 Å². The molecular formula is C19H21N3O. The van der Waals surface area contributed by atoms with E-state index in [1.165, 1.54) is 11.3 Å². The van der Waals surface area contributed by atoms with Gasteiger partial charge < -0.3 is 14.6 Å². The number of anilines is 1. The monoisotopic (exact) mass is 307 g/mol. The summed E-state index contributed by atoms with van der Waals surface area (Å²) in [6.45, 7) is 2.82. The highest BCUT2D eigenvalue weighted by atomic mass is 16.3. The second kappa shape index (κ2) is 5.39. The van der Waals surface area contributed by atoms with Crippen LogP contribution in [0.25, 0.3) is 11.0 Å². The van der Waals surface area contributed by atoms with Crippen LogP contribution in [0.15, 0.2) is 48.8 Å². The van der Waals surface area contributed by atoms with Crippen molar-refractivity contribution in [3.8, 4) is 0 Å². The molecule has 2 unspecified atom stereocenters. The third-order valence-corrected chi connectivity index (χ3v) is 4.85. The smallest absolute Gasteiger partial charge is 0.0965 e. The quantitative estimate of drug-likeness (QED) is 0.808. The number of aliphatic hydroxyl groups is 1. The minimum atomic E-state index is -0.519. The maximum absolute atomic E-state index is 10.7. The number of hydrogen-bond acceptors (Lipinski definition) is 3. The topological polar surface area (TPSA) is 41.3 Å². The Balaban J connectivity index is 1.60. The van der Waals surface area contributed by atoms with Crippen molar-refractivity contribution in [3.05, 3.63) is 59.9 Å². The molecule has 0 radical (unpaired) electrons. The number of nitrogens with zero attached hydrogens (tertiary/aromatic N) is 3. The molecule has 0 saturated carbocycles. The van der Waals surface area contributed by atoms with Crippen LogP contribution in [0.3, 0.4) is 0 Å². The number of β-amino-alcohol motifs (C(OH)–C–C–N with tert-alkyl or cyclic N) is 1. The molecular weight excluding hydrogens is 286 g/mol. The molecule has 1 aliphatic heterocycles. The van der Waals surface area contributed by atoms with Crippen LogP contribution >= 0.6 is 0 Å². The van der Waals surface area contributed by atoms with Crippen molar-refractivity contribution >= 4 is 16.7 Å². The van der Waals surface area contributed by atoms with Gasteiger partial charge in [-0.05, 0) is 42.7 Å². The Hall–Kier alpha value is -2.33. The fourth-order valence-corrected chi connectivity index (χ4v) is 3.56. The van der Waals surface area contributed by atoms with E-state index in [1.54, 1.807) is 6.33 Å². The maximum atomic E-state index is 10.7. The zero-order chi connectivity index (χ0) is 16.0. The summed E-state index contributed by atoms with van der Waals surface area (Å²) < 4.78 is 1.99. The molecule has 1 aromatic heterocycles. The summed E-state index contributed by atoms with van der Waals surface area (Å²) in [7, 11) is 1.98. The lowest BCUT2D eigenvalue weighted by molar-refractivity contribution is 0.182. The highest BCUT2D eigenvalue weighted by Gasteiger charge is 2.27. The van der Waals surface area contributed by atoms with Crippen LogP contribution in [-0.4, -0.2) is 27.2 Å². The van der Waals surface area contributed by atoms with E-state index in [2.05, 4.69) is 41.1 Å². The van der Waals surface area contributed by atoms with Crippen LogP contribution in [0.4, 0.5) is 5.69 Å². The van der Waals surface area contributed by atoms with E-state index in [0.29, 0.717) is 12.6 Å². The van der Waals surface area contributed by atoms with Crippen LogP contribution in [-0.2, 0) is 13.5 Å². The van der Waals surface area contributed by atoms with Gasteiger partial charge in [-0.3, -0.25) is 0 Å². The van der Waals surface area contributed by atoms with E-state index >= 15 is 0 Å². The van der Waals surface area contributed by atoms with Crippen LogP contribution < -0.4 is 4.90 Å². The summed E-state index contributed by atoms with van der Waals surface area (Å²) in [5, 5.41) is 10.7. The Kier molecular flexibility index (Phi) is 3.34. The van der Waals surface area contributed by atoms with Gasteiger partial charge in [0.25, 0.3) is 0 Å². The molecule has 4 heteroatoms. The van der Waals surface area contributed by atoms with Gasteiger partial charge in [-0.2, -0.15) is 0 Å².